The molecule has 2 heterocycles. The molecule has 0 aromatic heterocycles. The van der Waals surface area contributed by atoms with Gasteiger partial charge < -0.3 is 16.0 Å². The van der Waals surface area contributed by atoms with Crippen molar-refractivity contribution in [3.8, 4) is 0 Å². The molecule has 2 saturated heterocycles. The number of urea groups is 1. The molecule has 140 valence electrons. The van der Waals surface area contributed by atoms with Gasteiger partial charge in [0.05, 0.1) is 12.1 Å². The number of thioether (sulfide) groups is 1. The van der Waals surface area contributed by atoms with Gasteiger partial charge in [-0.05, 0) is 56.8 Å². The zero-order valence-corrected chi connectivity index (χ0v) is 15.9. The van der Waals surface area contributed by atoms with Crippen molar-refractivity contribution in [2.24, 2.45) is 17.8 Å². The normalized spacial score (nSPS) is 39.8. The number of carbonyl (C=O) groups excluding carboxylic acids is 2. The molecule has 2 aliphatic carbocycles. The van der Waals surface area contributed by atoms with Gasteiger partial charge in [-0.1, -0.05) is 12.8 Å². The van der Waals surface area contributed by atoms with Crippen LogP contribution in [-0.2, 0) is 4.79 Å². The molecule has 5 nitrogen and oxygen atoms in total. The molecule has 2 aliphatic heterocycles. The van der Waals surface area contributed by atoms with E-state index in [1.807, 2.05) is 11.8 Å². The minimum atomic E-state index is -0.0192. The van der Waals surface area contributed by atoms with Crippen molar-refractivity contribution >= 4 is 23.7 Å². The highest BCUT2D eigenvalue weighted by Crippen LogP contribution is 2.49. The van der Waals surface area contributed by atoms with E-state index in [0.29, 0.717) is 29.7 Å². The summed E-state index contributed by atoms with van der Waals surface area (Å²) in [6, 6.07) is 0.903. The van der Waals surface area contributed by atoms with Crippen molar-refractivity contribution in [2.45, 2.75) is 81.7 Å². The first-order chi connectivity index (χ1) is 12.1. The Kier molecular flexibility index (Phi) is 5.16. The Morgan fingerprint density at radius 1 is 1.28 bits per heavy atom. The summed E-state index contributed by atoms with van der Waals surface area (Å²) in [4.78, 5) is 23.7. The number of rotatable bonds is 7. The lowest BCUT2D eigenvalue weighted by atomic mass is 9.84. The highest BCUT2D eigenvalue weighted by atomic mass is 32.2. The summed E-state index contributed by atoms with van der Waals surface area (Å²) in [7, 11) is 0. The molecule has 2 bridgehead atoms. The molecule has 6 heteroatoms. The quantitative estimate of drug-likeness (QED) is 0.480. The lowest BCUT2D eigenvalue weighted by molar-refractivity contribution is -0.122. The maximum Gasteiger partial charge on any atom is 0.315 e. The highest BCUT2D eigenvalue weighted by molar-refractivity contribution is 8.00. The molecule has 4 fully saturated rings. The predicted octanol–water partition coefficient (Wildman–Crippen LogP) is 2.65. The zero-order chi connectivity index (χ0) is 17.4. The zero-order valence-electron chi connectivity index (χ0n) is 15.1. The summed E-state index contributed by atoms with van der Waals surface area (Å²) in [6.45, 7) is 2.20. The SMILES string of the molecule is CC(NC(=O)CCCC[C@@H]1SC[C@@H]2NC(=O)N[C@@H]21)C1CC2CCC1C2. The van der Waals surface area contributed by atoms with Gasteiger partial charge in [-0.25, -0.2) is 4.79 Å². The number of hydrogen-bond donors (Lipinski definition) is 3. The first-order valence-electron chi connectivity index (χ1n) is 10.1. The first-order valence-corrected chi connectivity index (χ1v) is 11.1. The molecular formula is C19H31N3O2S. The number of amides is 3. The van der Waals surface area contributed by atoms with Gasteiger partial charge in [0.2, 0.25) is 5.91 Å². The smallest absolute Gasteiger partial charge is 0.315 e. The summed E-state index contributed by atoms with van der Waals surface area (Å²) in [5.41, 5.74) is 0. The summed E-state index contributed by atoms with van der Waals surface area (Å²) in [5.74, 6) is 3.75. The fourth-order valence-corrected chi connectivity index (χ4v) is 7.16. The van der Waals surface area contributed by atoms with Crippen molar-refractivity contribution in [3.63, 3.8) is 0 Å². The lowest BCUT2D eigenvalue weighted by Gasteiger charge is -2.28. The molecule has 0 aromatic rings. The standard InChI is InChI=1S/C19H31N3O2S/c1-11(14-9-12-6-7-13(14)8-12)20-17(23)5-3-2-4-16-18-15(10-25-16)21-19(24)22-18/h11-16,18H,2-10H2,1H3,(H,20,23)(H2,21,22,24)/t11?,12?,13?,14?,15-,16-,18-/m0/s1. The van der Waals surface area contributed by atoms with Gasteiger partial charge in [-0.3, -0.25) is 4.79 Å². The van der Waals surface area contributed by atoms with E-state index in [-0.39, 0.29) is 18.0 Å². The summed E-state index contributed by atoms with van der Waals surface area (Å²) < 4.78 is 0. The van der Waals surface area contributed by atoms with Gasteiger partial charge in [0.25, 0.3) is 0 Å². The predicted molar refractivity (Wildman–Crippen MR) is 101 cm³/mol. The van der Waals surface area contributed by atoms with E-state index in [4.69, 9.17) is 0 Å². The van der Waals surface area contributed by atoms with Crippen molar-refractivity contribution in [1.29, 1.82) is 0 Å². The number of carbonyl (C=O) groups is 2. The van der Waals surface area contributed by atoms with Crippen LogP contribution in [0.3, 0.4) is 0 Å². The summed E-state index contributed by atoms with van der Waals surface area (Å²) in [6.07, 6.45) is 9.26. The molecular weight excluding hydrogens is 334 g/mol. The van der Waals surface area contributed by atoms with E-state index in [1.165, 1.54) is 25.7 Å². The van der Waals surface area contributed by atoms with Crippen LogP contribution in [-0.4, -0.2) is 41.1 Å². The molecule has 0 radical (unpaired) electrons. The third-order valence-electron chi connectivity index (χ3n) is 6.90. The Balaban J connectivity index is 1.12. The van der Waals surface area contributed by atoms with Crippen LogP contribution in [0.15, 0.2) is 0 Å². The topological polar surface area (TPSA) is 70.2 Å². The van der Waals surface area contributed by atoms with Crippen LogP contribution in [0.25, 0.3) is 0 Å². The summed E-state index contributed by atoms with van der Waals surface area (Å²) >= 11 is 1.95. The Hall–Kier alpha value is -0.910. The van der Waals surface area contributed by atoms with Gasteiger partial charge in [0, 0.05) is 23.5 Å². The Morgan fingerprint density at radius 3 is 2.92 bits per heavy atom. The third kappa shape index (κ3) is 3.79. The number of fused-ring (bicyclic) bond motifs is 3. The fourth-order valence-electron chi connectivity index (χ4n) is 5.61. The molecule has 3 amide bonds. The molecule has 2 saturated carbocycles. The summed E-state index contributed by atoms with van der Waals surface area (Å²) in [5, 5.41) is 9.78. The third-order valence-corrected chi connectivity index (χ3v) is 8.41. The maximum absolute atomic E-state index is 12.3. The molecule has 4 unspecified atom stereocenters. The molecule has 0 aromatic carbocycles. The van der Waals surface area contributed by atoms with Crippen LogP contribution in [0.5, 0.6) is 0 Å². The van der Waals surface area contributed by atoms with Crippen LogP contribution in [0.2, 0.25) is 0 Å². The Morgan fingerprint density at radius 2 is 2.16 bits per heavy atom. The molecule has 4 aliphatic rings. The minimum absolute atomic E-state index is 0.0192. The Labute approximate surface area is 154 Å². The maximum atomic E-state index is 12.3. The Bertz CT molecular complexity index is 529. The second-order valence-corrected chi connectivity index (χ2v) is 9.83. The highest BCUT2D eigenvalue weighted by Gasteiger charge is 2.43. The first kappa shape index (κ1) is 17.5. The van der Waals surface area contributed by atoms with Gasteiger partial charge >= 0.3 is 6.03 Å². The van der Waals surface area contributed by atoms with Gasteiger partial charge in [-0.2, -0.15) is 11.8 Å². The van der Waals surface area contributed by atoms with Crippen molar-refractivity contribution < 1.29 is 9.59 Å². The molecule has 25 heavy (non-hydrogen) atoms. The van der Waals surface area contributed by atoms with Gasteiger partial charge in [0.15, 0.2) is 0 Å². The second-order valence-electron chi connectivity index (χ2n) is 8.56. The number of hydrogen-bond acceptors (Lipinski definition) is 3. The van der Waals surface area contributed by atoms with E-state index in [1.54, 1.807) is 0 Å². The van der Waals surface area contributed by atoms with Crippen LogP contribution in [0.4, 0.5) is 4.79 Å². The van der Waals surface area contributed by atoms with Gasteiger partial charge in [-0.15, -0.1) is 0 Å². The second kappa shape index (κ2) is 7.37. The van der Waals surface area contributed by atoms with E-state index in [0.717, 1.165) is 36.9 Å². The molecule has 0 spiro atoms. The van der Waals surface area contributed by atoms with Crippen molar-refractivity contribution in [2.75, 3.05) is 5.75 Å². The van der Waals surface area contributed by atoms with E-state index >= 15 is 0 Å². The average Bonchev–Trinajstić information content (AvgIpc) is 3.33. The van der Waals surface area contributed by atoms with E-state index < -0.39 is 0 Å². The largest absolute Gasteiger partial charge is 0.353 e. The molecule has 7 atom stereocenters. The van der Waals surface area contributed by atoms with Crippen LogP contribution in [0, 0.1) is 17.8 Å². The van der Waals surface area contributed by atoms with Crippen LogP contribution >= 0.6 is 11.8 Å². The van der Waals surface area contributed by atoms with Crippen molar-refractivity contribution in [1.82, 2.24) is 16.0 Å². The van der Waals surface area contributed by atoms with E-state index in [2.05, 4.69) is 22.9 Å². The molecule has 3 N–H and O–H groups in total. The minimum Gasteiger partial charge on any atom is -0.353 e. The monoisotopic (exact) mass is 365 g/mol. The molecule has 4 rings (SSSR count). The van der Waals surface area contributed by atoms with Crippen molar-refractivity contribution in [3.05, 3.63) is 0 Å². The fraction of sp³-hybridized carbons (Fsp3) is 0.895. The number of nitrogens with one attached hydrogen (secondary N) is 3. The lowest BCUT2D eigenvalue weighted by Crippen LogP contribution is -2.40. The van der Waals surface area contributed by atoms with Crippen LogP contribution < -0.4 is 16.0 Å². The number of unbranched alkanes of at least 4 members (excludes halogenated alkanes) is 1. The average molecular weight is 366 g/mol. The van der Waals surface area contributed by atoms with Gasteiger partial charge in [0.1, 0.15) is 0 Å². The van der Waals surface area contributed by atoms with E-state index in [9.17, 15) is 9.59 Å². The van der Waals surface area contributed by atoms with Crippen LogP contribution in [0.1, 0.15) is 58.3 Å².